The zero-order valence-electron chi connectivity index (χ0n) is 18.4. The van der Waals surface area contributed by atoms with Gasteiger partial charge < -0.3 is 14.4 Å². The fraction of sp³-hybridized carbons (Fsp3) is 0.346. The van der Waals surface area contributed by atoms with E-state index in [9.17, 15) is 14.7 Å². The topological polar surface area (TPSA) is 83.6 Å². The van der Waals surface area contributed by atoms with Crippen LogP contribution in [0.2, 0.25) is 0 Å². The number of ketones is 1. The van der Waals surface area contributed by atoms with Gasteiger partial charge in [-0.1, -0.05) is 50.2 Å². The minimum absolute atomic E-state index is 0.0192. The van der Waals surface area contributed by atoms with Gasteiger partial charge in [0.15, 0.2) is 17.9 Å². The standard InChI is InChI=1S/C26H28N2O4/c1-17(2)20-4-3-5-21(12-20)26(31)28-15-22(29)13-23(28)24(30)11-8-18-6-9-19(10-7-18)25-14-27-16-32-25/h3-7,9-10,12,14,16-17,22-23,29H,8,11,13,15H2,1-2H3/t22-,23+/m1/s1. The third kappa shape index (κ3) is 4.81. The highest BCUT2D eigenvalue weighted by molar-refractivity contribution is 5.98. The van der Waals surface area contributed by atoms with Crippen molar-refractivity contribution in [2.24, 2.45) is 0 Å². The second-order valence-corrected chi connectivity index (χ2v) is 8.67. The quantitative estimate of drug-likeness (QED) is 0.604. The van der Waals surface area contributed by atoms with E-state index in [2.05, 4.69) is 18.8 Å². The van der Waals surface area contributed by atoms with Crippen molar-refractivity contribution >= 4 is 11.7 Å². The zero-order chi connectivity index (χ0) is 22.7. The Balaban J connectivity index is 1.42. The molecule has 1 amide bonds. The van der Waals surface area contributed by atoms with Gasteiger partial charge in [-0.2, -0.15) is 0 Å². The summed E-state index contributed by atoms with van der Waals surface area (Å²) in [5.74, 6) is 0.788. The van der Waals surface area contributed by atoms with Crippen molar-refractivity contribution < 1.29 is 19.1 Å². The van der Waals surface area contributed by atoms with Gasteiger partial charge in [0.1, 0.15) is 0 Å². The lowest BCUT2D eigenvalue weighted by Gasteiger charge is -2.24. The zero-order valence-corrected chi connectivity index (χ0v) is 18.4. The summed E-state index contributed by atoms with van der Waals surface area (Å²) < 4.78 is 5.30. The van der Waals surface area contributed by atoms with Crippen LogP contribution in [0.5, 0.6) is 0 Å². The first kappa shape index (κ1) is 22.0. The molecule has 0 radical (unpaired) electrons. The molecule has 0 spiro atoms. The summed E-state index contributed by atoms with van der Waals surface area (Å²) in [6, 6.07) is 14.8. The summed E-state index contributed by atoms with van der Waals surface area (Å²) in [6.45, 7) is 4.34. The second-order valence-electron chi connectivity index (χ2n) is 8.67. The number of carbonyl (C=O) groups is 2. The van der Waals surface area contributed by atoms with Crippen molar-refractivity contribution in [2.75, 3.05) is 6.54 Å². The van der Waals surface area contributed by atoms with Gasteiger partial charge in [0.25, 0.3) is 5.91 Å². The Bertz CT molecular complexity index is 1070. The van der Waals surface area contributed by atoms with Crippen LogP contribution in [0.15, 0.2) is 65.5 Å². The molecule has 3 aromatic rings. The highest BCUT2D eigenvalue weighted by atomic mass is 16.3. The lowest BCUT2D eigenvalue weighted by Crippen LogP contribution is -2.40. The predicted octanol–water partition coefficient (Wildman–Crippen LogP) is 4.24. The average molecular weight is 433 g/mol. The van der Waals surface area contributed by atoms with Crippen LogP contribution in [0.25, 0.3) is 11.3 Å². The summed E-state index contributed by atoms with van der Waals surface area (Å²) in [5, 5.41) is 10.2. The smallest absolute Gasteiger partial charge is 0.254 e. The number of benzene rings is 2. The third-order valence-corrected chi connectivity index (χ3v) is 6.04. The molecule has 166 valence electrons. The molecule has 1 aliphatic heterocycles. The largest absolute Gasteiger partial charge is 0.444 e. The van der Waals surface area contributed by atoms with Gasteiger partial charge in [-0.05, 0) is 35.6 Å². The van der Waals surface area contributed by atoms with Crippen LogP contribution in [-0.4, -0.2) is 45.4 Å². The fourth-order valence-electron chi connectivity index (χ4n) is 4.17. The lowest BCUT2D eigenvalue weighted by molar-refractivity contribution is -0.122. The molecule has 32 heavy (non-hydrogen) atoms. The molecule has 2 aromatic carbocycles. The number of hydrogen-bond acceptors (Lipinski definition) is 5. The number of rotatable bonds is 7. The molecule has 2 heterocycles. The van der Waals surface area contributed by atoms with E-state index in [1.165, 1.54) is 6.39 Å². The van der Waals surface area contributed by atoms with Crippen LogP contribution < -0.4 is 0 Å². The van der Waals surface area contributed by atoms with Crippen molar-refractivity contribution in [3.05, 3.63) is 77.8 Å². The molecule has 4 rings (SSSR count). The number of β-amino-alcohol motifs (C(OH)–C–C–N with tert-alkyl or cyclic N) is 1. The van der Waals surface area contributed by atoms with Crippen LogP contribution in [0.3, 0.4) is 0 Å². The van der Waals surface area contributed by atoms with Gasteiger partial charge in [0.05, 0.1) is 18.3 Å². The first-order chi connectivity index (χ1) is 15.4. The number of aryl methyl sites for hydroxylation is 1. The van der Waals surface area contributed by atoms with Crippen LogP contribution >= 0.6 is 0 Å². The fourth-order valence-corrected chi connectivity index (χ4v) is 4.17. The number of aromatic nitrogens is 1. The minimum atomic E-state index is -0.678. The maximum atomic E-state index is 13.2. The predicted molar refractivity (Wildman–Crippen MR) is 121 cm³/mol. The molecule has 1 saturated heterocycles. The number of nitrogens with zero attached hydrogens (tertiary/aromatic N) is 2. The Morgan fingerprint density at radius 3 is 2.66 bits per heavy atom. The first-order valence-electron chi connectivity index (χ1n) is 11.0. The molecule has 1 N–H and O–H groups in total. The second kappa shape index (κ2) is 9.49. The molecule has 6 heteroatoms. The summed E-state index contributed by atoms with van der Waals surface area (Å²) in [7, 11) is 0. The molecular formula is C26H28N2O4. The molecule has 0 unspecified atom stereocenters. The van der Waals surface area contributed by atoms with E-state index in [1.807, 2.05) is 42.5 Å². The van der Waals surface area contributed by atoms with Crippen molar-refractivity contribution in [2.45, 2.75) is 51.2 Å². The van der Waals surface area contributed by atoms with Gasteiger partial charge in [0, 0.05) is 30.5 Å². The van der Waals surface area contributed by atoms with E-state index in [-0.39, 0.29) is 18.2 Å². The summed E-state index contributed by atoms with van der Waals surface area (Å²) in [4.78, 5) is 31.6. The first-order valence-corrected chi connectivity index (χ1v) is 11.0. The monoisotopic (exact) mass is 432 g/mol. The number of aliphatic hydroxyl groups is 1. The number of amides is 1. The molecular weight excluding hydrogens is 404 g/mol. The van der Waals surface area contributed by atoms with Gasteiger partial charge in [-0.3, -0.25) is 9.59 Å². The molecule has 1 fully saturated rings. The Morgan fingerprint density at radius 2 is 1.97 bits per heavy atom. The Labute approximate surface area is 187 Å². The molecule has 2 atom stereocenters. The number of oxazole rings is 1. The SMILES string of the molecule is CC(C)c1cccc(C(=O)N2C[C@H](O)C[C@H]2C(=O)CCc2ccc(-c3cnco3)cc2)c1. The number of carbonyl (C=O) groups excluding carboxylic acids is 2. The van der Waals surface area contributed by atoms with Gasteiger partial charge in [-0.15, -0.1) is 0 Å². The Hall–Kier alpha value is -3.25. The van der Waals surface area contributed by atoms with E-state index in [0.717, 1.165) is 16.7 Å². The van der Waals surface area contributed by atoms with Crippen molar-refractivity contribution in [1.29, 1.82) is 0 Å². The maximum absolute atomic E-state index is 13.2. The highest BCUT2D eigenvalue weighted by Gasteiger charge is 2.38. The summed E-state index contributed by atoms with van der Waals surface area (Å²) >= 11 is 0. The lowest BCUT2D eigenvalue weighted by atomic mass is 9.99. The molecule has 1 aliphatic rings. The number of Topliss-reactive ketones (excluding diaryl/α,β-unsaturated/α-hetero) is 1. The van der Waals surface area contributed by atoms with Gasteiger partial charge in [-0.25, -0.2) is 4.98 Å². The molecule has 0 saturated carbocycles. The van der Waals surface area contributed by atoms with E-state index < -0.39 is 12.1 Å². The van der Waals surface area contributed by atoms with Gasteiger partial charge in [0.2, 0.25) is 0 Å². The van der Waals surface area contributed by atoms with E-state index in [0.29, 0.717) is 36.5 Å². The number of hydrogen-bond donors (Lipinski definition) is 1. The Morgan fingerprint density at radius 1 is 1.19 bits per heavy atom. The molecule has 0 aliphatic carbocycles. The summed E-state index contributed by atoms with van der Waals surface area (Å²) in [5.41, 5.74) is 3.60. The van der Waals surface area contributed by atoms with Crippen molar-refractivity contribution in [1.82, 2.24) is 9.88 Å². The maximum Gasteiger partial charge on any atom is 0.254 e. The van der Waals surface area contributed by atoms with Crippen LogP contribution in [-0.2, 0) is 11.2 Å². The van der Waals surface area contributed by atoms with Gasteiger partial charge >= 0.3 is 0 Å². The molecule has 1 aromatic heterocycles. The van der Waals surface area contributed by atoms with Crippen LogP contribution in [0.1, 0.15) is 54.1 Å². The number of likely N-dealkylation sites (tertiary alicyclic amines) is 1. The van der Waals surface area contributed by atoms with E-state index >= 15 is 0 Å². The highest BCUT2D eigenvalue weighted by Crippen LogP contribution is 2.25. The van der Waals surface area contributed by atoms with E-state index in [4.69, 9.17) is 4.42 Å². The average Bonchev–Trinajstić information content (AvgIpc) is 3.47. The normalized spacial score (nSPS) is 18.3. The summed E-state index contributed by atoms with van der Waals surface area (Å²) in [6.07, 6.45) is 3.55. The Kier molecular flexibility index (Phi) is 6.51. The van der Waals surface area contributed by atoms with E-state index in [1.54, 1.807) is 17.2 Å². The molecule has 0 bridgehead atoms. The number of aliphatic hydroxyl groups excluding tert-OH is 1. The molecule has 6 nitrogen and oxygen atoms in total. The van der Waals surface area contributed by atoms with Crippen molar-refractivity contribution in [3.63, 3.8) is 0 Å². The third-order valence-electron chi connectivity index (χ3n) is 6.04. The van der Waals surface area contributed by atoms with Crippen molar-refractivity contribution in [3.8, 4) is 11.3 Å². The van der Waals surface area contributed by atoms with Crippen LogP contribution in [0, 0.1) is 0 Å². The minimum Gasteiger partial charge on any atom is -0.444 e. The van der Waals surface area contributed by atoms with Crippen LogP contribution in [0.4, 0.5) is 0 Å².